The quantitative estimate of drug-likeness (QED) is 0.815. The summed E-state index contributed by atoms with van der Waals surface area (Å²) in [4.78, 5) is 29.0. The van der Waals surface area contributed by atoms with Gasteiger partial charge in [0.2, 0.25) is 0 Å². The highest BCUT2D eigenvalue weighted by Crippen LogP contribution is 2.27. The molecule has 0 aromatic carbocycles. The third-order valence-electron chi connectivity index (χ3n) is 3.92. The number of nitrogens with zero attached hydrogens (tertiary/aromatic N) is 2. The maximum atomic E-state index is 12.4. The fourth-order valence-corrected chi connectivity index (χ4v) is 2.66. The lowest BCUT2D eigenvalue weighted by molar-refractivity contribution is -0.141. The molecule has 0 unspecified atom stereocenters. The molecule has 0 aliphatic carbocycles. The van der Waals surface area contributed by atoms with Crippen LogP contribution >= 0.6 is 0 Å². The molecule has 1 saturated heterocycles. The van der Waals surface area contributed by atoms with Crippen molar-refractivity contribution in [2.24, 2.45) is 0 Å². The van der Waals surface area contributed by atoms with E-state index < -0.39 is 23.7 Å². The number of rotatable bonds is 4. The van der Waals surface area contributed by atoms with E-state index in [0.29, 0.717) is 6.54 Å². The first-order chi connectivity index (χ1) is 11.3. The van der Waals surface area contributed by atoms with Crippen molar-refractivity contribution in [2.75, 3.05) is 25.0 Å². The number of anilines is 1. The summed E-state index contributed by atoms with van der Waals surface area (Å²) in [6.07, 6.45) is -1.67. The SMILES string of the molecule is CCN1CCC[C@H]1CNC(=O)C(=O)Nc1ccc(C(F)(F)F)nc1. The van der Waals surface area contributed by atoms with Crippen LogP contribution in [0.15, 0.2) is 18.3 Å². The molecule has 2 amide bonds. The number of carbonyl (C=O) groups is 2. The minimum Gasteiger partial charge on any atom is -0.346 e. The van der Waals surface area contributed by atoms with E-state index in [1.165, 1.54) is 0 Å². The van der Waals surface area contributed by atoms with Crippen LogP contribution in [0.4, 0.5) is 18.9 Å². The van der Waals surface area contributed by atoms with E-state index >= 15 is 0 Å². The van der Waals surface area contributed by atoms with Gasteiger partial charge in [0.05, 0.1) is 11.9 Å². The highest BCUT2D eigenvalue weighted by molar-refractivity contribution is 6.39. The number of alkyl halides is 3. The van der Waals surface area contributed by atoms with Crippen molar-refractivity contribution in [1.82, 2.24) is 15.2 Å². The third-order valence-corrected chi connectivity index (χ3v) is 3.92. The second-order valence-corrected chi connectivity index (χ2v) is 5.52. The van der Waals surface area contributed by atoms with E-state index in [1.807, 2.05) is 6.92 Å². The van der Waals surface area contributed by atoms with Crippen molar-refractivity contribution >= 4 is 17.5 Å². The number of carbonyl (C=O) groups excluding carboxylic acids is 2. The Morgan fingerprint density at radius 3 is 2.67 bits per heavy atom. The van der Waals surface area contributed by atoms with Crippen LogP contribution in [-0.2, 0) is 15.8 Å². The summed E-state index contributed by atoms with van der Waals surface area (Å²) in [7, 11) is 0. The van der Waals surface area contributed by atoms with Crippen molar-refractivity contribution in [3.05, 3.63) is 24.0 Å². The van der Waals surface area contributed by atoms with Gasteiger partial charge >= 0.3 is 18.0 Å². The number of likely N-dealkylation sites (tertiary alicyclic amines) is 1. The first kappa shape index (κ1) is 18.2. The Kier molecular flexibility index (Phi) is 5.76. The number of aromatic nitrogens is 1. The summed E-state index contributed by atoms with van der Waals surface area (Å²) in [5.74, 6) is -1.75. The maximum Gasteiger partial charge on any atom is 0.433 e. The average molecular weight is 344 g/mol. The zero-order chi connectivity index (χ0) is 17.7. The maximum absolute atomic E-state index is 12.4. The summed E-state index contributed by atoms with van der Waals surface area (Å²) in [6, 6.07) is 2.00. The van der Waals surface area contributed by atoms with Gasteiger partial charge in [0.1, 0.15) is 5.69 Å². The van der Waals surface area contributed by atoms with Gasteiger partial charge in [0.15, 0.2) is 0 Å². The molecule has 0 bridgehead atoms. The number of likely N-dealkylation sites (N-methyl/N-ethyl adjacent to an activating group) is 1. The Bertz CT molecular complexity index is 589. The Morgan fingerprint density at radius 2 is 2.08 bits per heavy atom. The van der Waals surface area contributed by atoms with Crippen LogP contribution in [0.5, 0.6) is 0 Å². The van der Waals surface area contributed by atoms with Crippen molar-refractivity contribution in [1.29, 1.82) is 0 Å². The molecule has 2 N–H and O–H groups in total. The molecule has 1 atom stereocenters. The monoisotopic (exact) mass is 344 g/mol. The van der Waals surface area contributed by atoms with E-state index in [-0.39, 0.29) is 11.7 Å². The second kappa shape index (κ2) is 7.61. The molecule has 9 heteroatoms. The highest BCUT2D eigenvalue weighted by atomic mass is 19.4. The zero-order valence-corrected chi connectivity index (χ0v) is 13.2. The molecule has 0 saturated carbocycles. The zero-order valence-electron chi connectivity index (χ0n) is 13.2. The van der Waals surface area contributed by atoms with Gasteiger partial charge in [0, 0.05) is 12.6 Å². The van der Waals surface area contributed by atoms with Gasteiger partial charge in [-0.05, 0) is 38.1 Å². The number of hydrogen-bond acceptors (Lipinski definition) is 4. The second-order valence-electron chi connectivity index (χ2n) is 5.52. The first-order valence-corrected chi connectivity index (χ1v) is 7.67. The van der Waals surface area contributed by atoms with Crippen molar-refractivity contribution in [3.8, 4) is 0 Å². The number of pyridine rings is 1. The van der Waals surface area contributed by atoms with Crippen LogP contribution in [0.25, 0.3) is 0 Å². The minimum absolute atomic E-state index is 0.0270. The van der Waals surface area contributed by atoms with Crippen LogP contribution in [-0.4, -0.2) is 47.4 Å². The van der Waals surface area contributed by atoms with Gasteiger partial charge < -0.3 is 10.6 Å². The summed E-state index contributed by atoms with van der Waals surface area (Å²) in [6.45, 7) is 4.25. The molecule has 1 aromatic heterocycles. The summed E-state index contributed by atoms with van der Waals surface area (Å²) in [5.41, 5.74) is -1.04. The molecule has 132 valence electrons. The molecule has 0 radical (unpaired) electrons. The van der Waals surface area contributed by atoms with Crippen molar-refractivity contribution in [2.45, 2.75) is 32.0 Å². The third kappa shape index (κ3) is 4.67. The Hall–Kier alpha value is -2.16. The lowest BCUT2D eigenvalue weighted by Crippen LogP contribution is -2.43. The summed E-state index contributed by atoms with van der Waals surface area (Å²) < 4.78 is 37.2. The molecule has 1 aliphatic heterocycles. The van der Waals surface area contributed by atoms with Crippen LogP contribution in [0, 0.1) is 0 Å². The molecule has 24 heavy (non-hydrogen) atoms. The number of nitrogens with one attached hydrogen (secondary N) is 2. The summed E-state index contributed by atoms with van der Waals surface area (Å²) >= 11 is 0. The van der Waals surface area contributed by atoms with Crippen molar-refractivity contribution in [3.63, 3.8) is 0 Å². The number of halogens is 3. The van der Waals surface area contributed by atoms with Crippen LogP contribution in [0.1, 0.15) is 25.5 Å². The van der Waals surface area contributed by atoms with Crippen molar-refractivity contribution < 1.29 is 22.8 Å². The fraction of sp³-hybridized carbons (Fsp3) is 0.533. The van der Waals surface area contributed by atoms with E-state index in [9.17, 15) is 22.8 Å². The van der Waals surface area contributed by atoms with Gasteiger partial charge in [-0.15, -0.1) is 0 Å². The Balaban J connectivity index is 1.84. The normalized spacial score (nSPS) is 18.4. The van der Waals surface area contributed by atoms with E-state index in [1.54, 1.807) is 0 Å². The number of amides is 2. The topological polar surface area (TPSA) is 74.3 Å². The molecule has 1 fully saturated rings. The lowest BCUT2D eigenvalue weighted by Gasteiger charge is -2.22. The molecule has 2 heterocycles. The largest absolute Gasteiger partial charge is 0.433 e. The summed E-state index contributed by atoms with van der Waals surface area (Å²) in [5, 5.41) is 4.78. The molecule has 2 rings (SSSR count). The molecular weight excluding hydrogens is 325 g/mol. The van der Waals surface area contributed by atoms with Gasteiger partial charge in [-0.3, -0.25) is 14.5 Å². The van der Waals surface area contributed by atoms with Gasteiger partial charge in [-0.1, -0.05) is 6.92 Å². The molecular formula is C15H19F3N4O2. The Labute approximate surface area is 137 Å². The molecule has 6 nitrogen and oxygen atoms in total. The van der Waals surface area contributed by atoms with E-state index in [0.717, 1.165) is 44.3 Å². The highest BCUT2D eigenvalue weighted by Gasteiger charge is 2.32. The Morgan fingerprint density at radius 1 is 1.33 bits per heavy atom. The van der Waals surface area contributed by atoms with Gasteiger partial charge in [-0.2, -0.15) is 13.2 Å². The predicted octanol–water partition coefficient (Wildman–Crippen LogP) is 1.64. The van der Waals surface area contributed by atoms with Gasteiger partial charge in [-0.25, -0.2) is 4.98 Å². The van der Waals surface area contributed by atoms with E-state index in [4.69, 9.17) is 0 Å². The standard InChI is InChI=1S/C15H19F3N4O2/c1-2-22-7-3-4-11(22)9-20-13(23)14(24)21-10-5-6-12(19-8-10)15(16,17)18/h5-6,8,11H,2-4,7,9H2,1H3,(H,20,23)(H,21,24)/t11-/m0/s1. The minimum atomic E-state index is -4.55. The fourth-order valence-electron chi connectivity index (χ4n) is 2.66. The van der Waals surface area contributed by atoms with Crippen LogP contribution < -0.4 is 10.6 Å². The van der Waals surface area contributed by atoms with Crippen LogP contribution in [0.3, 0.4) is 0 Å². The average Bonchev–Trinajstić information content (AvgIpc) is 2.99. The first-order valence-electron chi connectivity index (χ1n) is 7.67. The predicted molar refractivity (Wildman–Crippen MR) is 81.1 cm³/mol. The smallest absolute Gasteiger partial charge is 0.346 e. The molecule has 1 aliphatic rings. The molecule has 1 aromatic rings. The lowest BCUT2D eigenvalue weighted by atomic mass is 10.2. The van der Waals surface area contributed by atoms with E-state index in [2.05, 4.69) is 20.5 Å². The number of hydrogen-bond donors (Lipinski definition) is 2. The van der Waals surface area contributed by atoms with Crippen LogP contribution in [0.2, 0.25) is 0 Å². The van der Waals surface area contributed by atoms with Gasteiger partial charge in [0.25, 0.3) is 0 Å². The molecule has 0 spiro atoms.